The predicted molar refractivity (Wildman–Crippen MR) is 176 cm³/mol. The maximum Gasteiger partial charge on any atom is 0.407 e. The maximum atomic E-state index is 15.1. The van der Waals surface area contributed by atoms with E-state index in [9.17, 15) is 9.18 Å². The van der Waals surface area contributed by atoms with E-state index < -0.39 is 12.0 Å². The number of pyridine rings is 1. The number of carbonyl (C=O) groups is 1. The monoisotopic (exact) mass is 673 g/mol. The first-order valence-electron chi connectivity index (χ1n) is 16.1. The molecule has 0 bridgehead atoms. The van der Waals surface area contributed by atoms with Crippen molar-refractivity contribution in [2.45, 2.75) is 44.4 Å². The van der Waals surface area contributed by atoms with Crippen LogP contribution in [0.2, 0.25) is 5.02 Å². The average Bonchev–Trinajstić information content (AvgIpc) is 3.51. The molecule has 48 heavy (non-hydrogen) atoms. The highest BCUT2D eigenvalue weighted by Gasteiger charge is 2.34. The van der Waals surface area contributed by atoms with Crippen molar-refractivity contribution in [3.63, 3.8) is 0 Å². The van der Waals surface area contributed by atoms with Gasteiger partial charge in [0.05, 0.1) is 6.20 Å². The Balaban J connectivity index is 1.17. The summed E-state index contributed by atoms with van der Waals surface area (Å²) in [6.07, 6.45) is 5.36. The van der Waals surface area contributed by atoms with Crippen molar-refractivity contribution >= 4 is 34.7 Å². The van der Waals surface area contributed by atoms with Crippen LogP contribution in [0.4, 0.5) is 19.4 Å². The second kappa shape index (κ2) is 14.2. The summed E-state index contributed by atoms with van der Waals surface area (Å²) in [5.41, 5.74) is 3.19. The van der Waals surface area contributed by atoms with E-state index in [1.165, 1.54) is 12.3 Å². The number of rotatable bonds is 8. The van der Waals surface area contributed by atoms with E-state index in [1.54, 1.807) is 29.1 Å². The van der Waals surface area contributed by atoms with Gasteiger partial charge in [0.15, 0.2) is 11.9 Å². The van der Waals surface area contributed by atoms with E-state index in [0.717, 1.165) is 24.8 Å². The van der Waals surface area contributed by atoms with Gasteiger partial charge < -0.3 is 19.7 Å². The molecule has 2 aromatic carbocycles. The zero-order valence-electron chi connectivity index (χ0n) is 26.1. The van der Waals surface area contributed by atoms with Crippen molar-refractivity contribution in [1.82, 2.24) is 30.0 Å². The maximum absolute atomic E-state index is 15.1. The minimum atomic E-state index is -0.795. The van der Waals surface area contributed by atoms with Crippen molar-refractivity contribution < 1.29 is 23.0 Å². The van der Waals surface area contributed by atoms with Crippen molar-refractivity contribution in [2.75, 3.05) is 31.1 Å². The van der Waals surface area contributed by atoms with E-state index in [2.05, 4.69) is 15.2 Å². The lowest BCUT2D eigenvalue weighted by molar-refractivity contribution is -0.0368. The summed E-state index contributed by atoms with van der Waals surface area (Å²) in [7, 11) is 0. The van der Waals surface area contributed by atoms with Gasteiger partial charge in [0.1, 0.15) is 34.5 Å². The molecule has 2 fully saturated rings. The fraction of sp³-hybridized carbons (Fsp3) is 0.343. The van der Waals surface area contributed by atoms with Crippen LogP contribution >= 0.6 is 11.6 Å². The standard InChI is InChI=1S/C35H34ClF2N7O3/c36-30-26(13-15-39-33(30)38)31-32-34(45(43-31)29-12-6-7-17-47-29)42-28(19-40-32)44-16-14-24(25-10-4-5-11-27(25)37)23(20-44)18-41-35(46)48-21-22-8-2-1-3-9-22/h1-5,8-11,13,15,19,23-24,29H,6-7,12,14,16-18,20-21H2,(H,41,46)/t23-,24+,29?/m0/s1. The second-order valence-electron chi connectivity index (χ2n) is 12.0. The number of nitrogens with one attached hydrogen (secondary N) is 1. The van der Waals surface area contributed by atoms with Gasteiger partial charge in [0, 0.05) is 43.9 Å². The highest BCUT2D eigenvalue weighted by molar-refractivity contribution is 6.33. The zero-order valence-corrected chi connectivity index (χ0v) is 26.8. The molecule has 0 aliphatic carbocycles. The Labute approximate surface area is 281 Å². The number of alkyl carbamates (subject to hydrolysis) is 1. The number of anilines is 1. The van der Waals surface area contributed by atoms with Gasteiger partial charge in [-0.15, -0.1) is 0 Å². The predicted octanol–water partition coefficient (Wildman–Crippen LogP) is 7.06. The van der Waals surface area contributed by atoms with Gasteiger partial charge in [0.25, 0.3) is 0 Å². The molecular formula is C35H34ClF2N7O3. The van der Waals surface area contributed by atoms with E-state index in [1.807, 2.05) is 36.4 Å². The third-order valence-corrected chi connectivity index (χ3v) is 9.36. The van der Waals surface area contributed by atoms with Crippen molar-refractivity contribution in [1.29, 1.82) is 0 Å². The van der Waals surface area contributed by atoms with Gasteiger partial charge >= 0.3 is 6.09 Å². The summed E-state index contributed by atoms with van der Waals surface area (Å²) in [5.74, 6) is -0.787. The lowest BCUT2D eigenvalue weighted by atomic mass is 9.80. The molecular weight excluding hydrogens is 640 g/mol. The first kappa shape index (κ1) is 31.9. The largest absolute Gasteiger partial charge is 0.445 e. The molecule has 0 saturated carbocycles. The van der Waals surface area contributed by atoms with Crippen LogP contribution in [0.15, 0.2) is 73.1 Å². The van der Waals surface area contributed by atoms with Gasteiger partial charge in [0.2, 0.25) is 5.95 Å². The van der Waals surface area contributed by atoms with Crippen molar-refractivity contribution in [3.8, 4) is 11.3 Å². The Morgan fingerprint density at radius 1 is 1.04 bits per heavy atom. The van der Waals surface area contributed by atoms with E-state index >= 15 is 4.39 Å². The summed E-state index contributed by atoms with van der Waals surface area (Å²) in [6, 6.07) is 17.8. The number of benzene rings is 2. The smallest absolute Gasteiger partial charge is 0.407 e. The molecule has 248 valence electrons. The Hall–Kier alpha value is -4.68. The number of piperidine rings is 1. The molecule has 5 aromatic rings. The fourth-order valence-corrected chi connectivity index (χ4v) is 6.77. The van der Waals surface area contributed by atoms with Gasteiger partial charge in [-0.2, -0.15) is 9.49 Å². The average molecular weight is 674 g/mol. The number of halogens is 3. The third-order valence-electron chi connectivity index (χ3n) is 9.00. The van der Waals surface area contributed by atoms with Crippen LogP contribution in [-0.2, 0) is 16.1 Å². The summed E-state index contributed by atoms with van der Waals surface area (Å²) in [6.45, 7) is 2.05. The van der Waals surface area contributed by atoms with Crippen LogP contribution in [0.25, 0.3) is 22.4 Å². The molecule has 3 atom stereocenters. The number of amides is 1. The number of hydrogen-bond acceptors (Lipinski definition) is 8. The molecule has 1 amide bonds. The van der Waals surface area contributed by atoms with Crippen LogP contribution in [0.3, 0.4) is 0 Å². The zero-order chi connectivity index (χ0) is 33.0. The van der Waals surface area contributed by atoms with Crippen molar-refractivity contribution in [2.24, 2.45) is 5.92 Å². The van der Waals surface area contributed by atoms with E-state index in [0.29, 0.717) is 59.9 Å². The molecule has 2 aliphatic rings. The quantitative estimate of drug-likeness (QED) is 0.175. The highest BCUT2D eigenvalue weighted by Crippen LogP contribution is 2.38. The molecule has 5 heterocycles. The van der Waals surface area contributed by atoms with Gasteiger partial charge in [-0.05, 0) is 54.9 Å². The summed E-state index contributed by atoms with van der Waals surface area (Å²) in [4.78, 5) is 28.2. The first-order chi connectivity index (χ1) is 23.5. The summed E-state index contributed by atoms with van der Waals surface area (Å²) < 4.78 is 42.7. The Morgan fingerprint density at radius 3 is 2.69 bits per heavy atom. The number of aromatic nitrogens is 5. The first-order valence-corrected chi connectivity index (χ1v) is 16.4. The molecule has 13 heteroatoms. The topological polar surface area (TPSA) is 107 Å². The minimum absolute atomic E-state index is 0.146. The van der Waals surface area contributed by atoms with Gasteiger partial charge in [-0.3, -0.25) is 0 Å². The van der Waals surface area contributed by atoms with Crippen LogP contribution < -0.4 is 10.2 Å². The fourth-order valence-electron chi connectivity index (χ4n) is 6.57. The summed E-state index contributed by atoms with van der Waals surface area (Å²) in [5, 5.41) is 7.56. The van der Waals surface area contributed by atoms with Crippen LogP contribution in [0, 0.1) is 17.7 Å². The van der Waals surface area contributed by atoms with Gasteiger partial charge in [-0.1, -0.05) is 60.1 Å². The van der Waals surface area contributed by atoms with E-state index in [-0.39, 0.29) is 42.1 Å². The molecule has 10 nitrogen and oxygen atoms in total. The Kier molecular flexibility index (Phi) is 9.44. The van der Waals surface area contributed by atoms with Gasteiger partial charge in [-0.25, -0.2) is 28.8 Å². The summed E-state index contributed by atoms with van der Waals surface area (Å²) >= 11 is 6.33. The Bertz CT molecular complexity index is 1900. The molecule has 0 spiro atoms. The normalized spacial score (nSPS) is 19.7. The van der Waals surface area contributed by atoms with Crippen LogP contribution in [0.1, 0.15) is 49.0 Å². The number of carbonyl (C=O) groups excluding carboxylic acids is 1. The number of hydrogen-bond donors (Lipinski definition) is 1. The minimum Gasteiger partial charge on any atom is -0.445 e. The number of nitrogens with zero attached hydrogens (tertiary/aromatic N) is 6. The number of fused-ring (bicyclic) bond motifs is 1. The Morgan fingerprint density at radius 2 is 1.88 bits per heavy atom. The van der Waals surface area contributed by atoms with Crippen molar-refractivity contribution in [3.05, 3.63) is 101 Å². The molecule has 2 aliphatic heterocycles. The number of ether oxygens (including phenoxy) is 2. The molecule has 3 aromatic heterocycles. The third kappa shape index (κ3) is 6.67. The highest BCUT2D eigenvalue weighted by atomic mass is 35.5. The SMILES string of the molecule is O=C(NC[C@H]1CN(c2cnc3c(-c4ccnc(F)c4Cl)nn(C4CCCCO4)c3n2)CC[C@H]1c1ccccc1F)OCc1ccccc1. The van der Waals surface area contributed by atoms with Crippen LogP contribution in [-0.4, -0.2) is 57.1 Å². The second-order valence-corrected chi connectivity index (χ2v) is 12.4. The lowest BCUT2D eigenvalue weighted by Gasteiger charge is -2.39. The molecule has 1 N–H and O–H groups in total. The lowest BCUT2D eigenvalue weighted by Crippen LogP contribution is -2.45. The molecule has 1 unspecified atom stereocenters. The van der Waals surface area contributed by atoms with Crippen LogP contribution in [0.5, 0.6) is 0 Å². The molecule has 0 radical (unpaired) electrons. The van der Waals surface area contributed by atoms with E-state index in [4.69, 9.17) is 36.1 Å². The molecule has 2 saturated heterocycles. The molecule has 7 rings (SSSR count).